The normalized spacial score (nSPS) is 18.0. The molecule has 1 fully saturated rings. The van der Waals surface area contributed by atoms with Crippen molar-refractivity contribution < 1.29 is 13.9 Å². The van der Waals surface area contributed by atoms with Gasteiger partial charge < -0.3 is 14.1 Å². The maximum atomic E-state index is 12.9. The van der Waals surface area contributed by atoms with E-state index in [9.17, 15) is 4.79 Å². The highest BCUT2D eigenvalue weighted by molar-refractivity contribution is 5.92. The molecular weight excluding hydrogens is 328 g/mol. The number of nitrogens with zero attached hydrogens (tertiary/aromatic N) is 2. The minimum Gasteiger partial charge on any atom is -0.464 e. The van der Waals surface area contributed by atoms with Gasteiger partial charge in [-0.3, -0.25) is 4.79 Å². The zero-order chi connectivity index (χ0) is 17.9. The quantitative estimate of drug-likeness (QED) is 0.726. The lowest BCUT2D eigenvalue weighted by Crippen LogP contribution is -2.37. The fourth-order valence-electron chi connectivity index (χ4n) is 3.56. The number of benzene rings is 1. The third kappa shape index (κ3) is 3.48. The average molecular weight is 350 g/mol. The first kappa shape index (κ1) is 16.8. The summed E-state index contributed by atoms with van der Waals surface area (Å²) in [5.41, 5.74) is 3.48. The molecule has 0 bridgehead atoms. The van der Waals surface area contributed by atoms with Gasteiger partial charge >= 0.3 is 0 Å². The Kier molecular flexibility index (Phi) is 4.71. The summed E-state index contributed by atoms with van der Waals surface area (Å²) in [7, 11) is 0. The summed E-state index contributed by atoms with van der Waals surface area (Å²) >= 11 is 0. The molecular formula is C21H22N2O3. The van der Waals surface area contributed by atoms with Crippen LogP contribution in [0.5, 0.6) is 0 Å². The van der Waals surface area contributed by atoms with Crippen molar-refractivity contribution in [1.29, 1.82) is 0 Å². The van der Waals surface area contributed by atoms with E-state index in [-0.39, 0.29) is 11.8 Å². The van der Waals surface area contributed by atoms with Crippen LogP contribution in [0, 0.1) is 12.8 Å². The highest BCUT2D eigenvalue weighted by Crippen LogP contribution is 2.24. The predicted octanol–water partition coefficient (Wildman–Crippen LogP) is 3.47. The maximum absolute atomic E-state index is 12.9. The molecule has 0 saturated carbocycles. The first-order chi connectivity index (χ1) is 12.7. The van der Waals surface area contributed by atoms with E-state index in [1.165, 1.54) is 5.56 Å². The Bertz CT molecular complexity index is 918. The summed E-state index contributed by atoms with van der Waals surface area (Å²) in [6.45, 7) is 4.38. The van der Waals surface area contributed by atoms with E-state index < -0.39 is 0 Å². The molecule has 0 radical (unpaired) electrons. The molecule has 2 aromatic heterocycles. The van der Waals surface area contributed by atoms with Crippen LogP contribution in [0.2, 0.25) is 0 Å². The minimum absolute atomic E-state index is 0.0225. The number of carbonyl (C=O) groups excluding carboxylic acids is 1. The van der Waals surface area contributed by atoms with E-state index in [0.29, 0.717) is 32.0 Å². The molecule has 1 aliphatic heterocycles. The Morgan fingerprint density at radius 2 is 2.12 bits per heavy atom. The number of aryl methyl sites for hydroxylation is 1. The van der Waals surface area contributed by atoms with Crippen molar-refractivity contribution >= 4 is 16.9 Å². The fraction of sp³-hybridized carbons (Fsp3) is 0.333. The predicted molar refractivity (Wildman–Crippen MR) is 99.1 cm³/mol. The second-order valence-electron chi connectivity index (χ2n) is 6.81. The molecule has 1 aliphatic rings. The molecule has 3 heterocycles. The van der Waals surface area contributed by atoms with E-state index in [1.807, 2.05) is 42.2 Å². The van der Waals surface area contributed by atoms with Crippen molar-refractivity contribution in [3.8, 4) is 0 Å². The Morgan fingerprint density at radius 3 is 3.00 bits per heavy atom. The number of furan rings is 1. The van der Waals surface area contributed by atoms with Gasteiger partial charge in [0.15, 0.2) is 0 Å². The van der Waals surface area contributed by atoms with Crippen LogP contribution >= 0.6 is 0 Å². The largest absolute Gasteiger partial charge is 0.464 e. The summed E-state index contributed by atoms with van der Waals surface area (Å²) in [5, 5.41) is 1.13. The number of hydrogen-bond donors (Lipinski definition) is 0. The van der Waals surface area contributed by atoms with Crippen molar-refractivity contribution in [2.75, 3.05) is 26.3 Å². The molecule has 1 atom stereocenters. The third-order valence-corrected chi connectivity index (χ3v) is 4.83. The SMILES string of the molecule is Cc1cccc(C(=O)N2CCOC[C@H](Cc3cccc4occc34)C2)n1. The standard InChI is InChI=1S/C21H22N2O3/c1-15-4-2-6-19(22-15)21(24)23-9-11-25-14-16(13-23)12-17-5-3-7-20-18(17)8-10-26-20/h2-8,10,16H,9,11-14H2,1H3/t16-/m1/s1. The van der Waals surface area contributed by atoms with Crippen LogP contribution in [0.4, 0.5) is 0 Å². The number of aromatic nitrogens is 1. The van der Waals surface area contributed by atoms with E-state index in [2.05, 4.69) is 11.1 Å². The maximum Gasteiger partial charge on any atom is 0.272 e. The van der Waals surface area contributed by atoms with E-state index >= 15 is 0 Å². The molecule has 0 aliphatic carbocycles. The van der Waals surface area contributed by atoms with Crippen molar-refractivity contribution in [3.05, 3.63) is 65.7 Å². The van der Waals surface area contributed by atoms with Gasteiger partial charge in [0, 0.05) is 30.1 Å². The lowest BCUT2D eigenvalue weighted by atomic mass is 9.97. The average Bonchev–Trinajstić information content (AvgIpc) is 3.01. The van der Waals surface area contributed by atoms with Gasteiger partial charge in [-0.05, 0) is 43.2 Å². The monoisotopic (exact) mass is 350 g/mol. The lowest BCUT2D eigenvalue weighted by Gasteiger charge is -2.23. The van der Waals surface area contributed by atoms with Crippen LogP contribution in [-0.2, 0) is 11.2 Å². The molecule has 1 amide bonds. The van der Waals surface area contributed by atoms with Crippen LogP contribution in [-0.4, -0.2) is 42.1 Å². The number of fused-ring (bicyclic) bond motifs is 1. The van der Waals surface area contributed by atoms with Gasteiger partial charge in [-0.1, -0.05) is 18.2 Å². The van der Waals surface area contributed by atoms with Crippen molar-refractivity contribution in [2.45, 2.75) is 13.3 Å². The minimum atomic E-state index is -0.0225. The fourth-order valence-corrected chi connectivity index (χ4v) is 3.56. The first-order valence-corrected chi connectivity index (χ1v) is 8.96. The third-order valence-electron chi connectivity index (χ3n) is 4.83. The van der Waals surface area contributed by atoms with Crippen molar-refractivity contribution in [3.63, 3.8) is 0 Å². The molecule has 3 aromatic rings. The number of ether oxygens (including phenoxy) is 1. The molecule has 0 unspecified atom stereocenters. The van der Waals surface area contributed by atoms with Gasteiger partial charge in [0.2, 0.25) is 0 Å². The van der Waals surface area contributed by atoms with Gasteiger partial charge in [0.25, 0.3) is 5.91 Å². The number of rotatable bonds is 3. The summed E-state index contributed by atoms with van der Waals surface area (Å²) in [6, 6.07) is 13.7. The van der Waals surface area contributed by atoms with Gasteiger partial charge in [-0.15, -0.1) is 0 Å². The molecule has 0 spiro atoms. The first-order valence-electron chi connectivity index (χ1n) is 8.96. The Morgan fingerprint density at radius 1 is 1.23 bits per heavy atom. The van der Waals surface area contributed by atoms with E-state index in [4.69, 9.17) is 9.15 Å². The summed E-state index contributed by atoms with van der Waals surface area (Å²) in [6.07, 6.45) is 2.57. The van der Waals surface area contributed by atoms with E-state index in [0.717, 1.165) is 23.1 Å². The Balaban J connectivity index is 1.52. The van der Waals surface area contributed by atoms with Gasteiger partial charge in [-0.25, -0.2) is 4.98 Å². The van der Waals surface area contributed by atoms with Crippen molar-refractivity contribution in [1.82, 2.24) is 9.88 Å². The second kappa shape index (κ2) is 7.30. The van der Waals surface area contributed by atoms with Crippen LogP contribution in [0.25, 0.3) is 11.0 Å². The summed E-state index contributed by atoms with van der Waals surface area (Å²) in [5.74, 6) is 0.220. The number of amides is 1. The molecule has 5 nitrogen and oxygen atoms in total. The van der Waals surface area contributed by atoms with Gasteiger partial charge in [0.05, 0.1) is 19.5 Å². The Labute approximate surface area is 152 Å². The number of hydrogen-bond acceptors (Lipinski definition) is 4. The molecule has 4 rings (SSSR count). The van der Waals surface area contributed by atoms with Crippen molar-refractivity contribution in [2.24, 2.45) is 5.92 Å². The molecule has 26 heavy (non-hydrogen) atoms. The topological polar surface area (TPSA) is 55.6 Å². The highest BCUT2D eigenvalue weighted by atomic mass is 16.5. The summed E-state index contributed by atoms with van der Waals surface area (Å²) in [4.78, 5) is 19.1. The zero-order valence-corrected chi connectivity index (χ0v) is 14.9. The Hall–Kier alpha value is -2.66. The van der Waals surface area contributed by atoms with Crippen LogP contribution in [0.1, 0.15) is 21.7 Å². The number of pyridine rings is 1. The lowest BCUT2D eigenvalue weighted by molar-refractivity contribution is 0.0731. The molecule has 5 heteroatoms. The second-order valence-corrected chi connectivity index (χ2v) is 6.81. The zero-order valence-electron chi connectivity index (χ0n) is 14.9. The number of carbonyl (C=O) groups is 1. The van der Waals surface area contributed by atoms with Crippen LogP contribution < -0.4 is 0 Å². The summed E-state index contributed by atoms with van der Waals surface area (Å²) < 4.78 is 11.3. The smallest absolute Gasteiger partial charge is 0.272 e. The molecule has 134 valence electrons. The molecule has 1 aromatic carbocycles. The van der Waals surface area contributed by atoms with Crippen LogP contribution in [0.15, 0.2) is 53.1 Å². The molecule has 1 saturated heterocycles. The van der Waals surface area contributed by atoms with Gasteiger partial charge in [-0.2, -0.15) is 0 Å². The van der Waals surface area contributed by atoms with Gasteiger partial charge in [0.1, 0.15) is 11.3 Å². The van der Waals surface area contributed by atoms with Crippen LogP contribution in [0.3, 0.4) is 0 Å². The molecule has 0 N–H and O–H groups in total. The van der Waals surface area contributed by atoms with E-state index in [1.54, 1.807) is 12.3 Å². The highest BCUT2D eigenvalue weighted by Gasteiger charge is 2.25.